The average molecular weight is 146 g/mol. The number of nitrogens with two attached hydrogens (primary N) is 1. The molecule has 0 radical (unpaired) electrons. The van der Waals surface area contributed by atoms with E-state index in [0.29, 0.717) is 13.1 Å². The van der Waals surface area contributed by atoms with Gasteiger partial charge in [0.05, 0.1) is 5.60 Å². The van der Waals surface area contributed by atoms with E-state index in [4.69, 9.17) is 5.73 Å². The molecule has 0 saturated heterocycles. The Hall–Kier alpha value is -0.120. The predicted octanol–water partition coefficient (Wildman–Crippen LogP) is -0.352. The van der Waals surface area contributed by atoms with Gasteiger partial charge in [0.25, 0.3) is 0 Å². The minimum absolute atomic E-state index is 0.607. The first kappa shape index (κ1) is 9.88. The molecule has 0 aromatic rings. The lowest BCUT2D eigenvalue weighted by atomic mass is 10.1. The van der Waals surface area contributed by atoms with Crippen molar-refractivity contribution in [1.29, 1.82) is 0 Å². The number of aliphatic hydroxyl groups is 1. The monoisotopic (exact) mass is 146 g/mol. The van der Waals surface area contributed by atoms with Crippen LogP contribution in [0.25, 0.3) is 0 Å². The van der Waals surface area contributed by atoms with Crippen molar-refractivity contribution in [2.24, 2.45) is 5.73 Å². The van der Waals surface area contributed by atoms with E-state index in [1.165, 1.54) is 0 Å². The van der Waals surface area contributed by atoms with Crippen molar-refractivity contribution in [3.63, 3.8) is 0 Å². The highest BCUT2D eigenvalue weighted by Gasteiger charge is 2.14. The first-order valence-electron chi connectivity index (χ1n) is 3.57. The lowest BCUT2D eigenvalue weighted by Crippen LogP contribution is -2.38. The second kappa shape index (κ2) is 3.91. The molecule has 3 nitrogen and oxygen atoms in total. The van der Waals surface area contributed by atoms with Gasteiger partial charge in [0.15, 0.2) is 0 Å². The zero-order chi connectivity index (χ0) is 8.20. The van der Waals surface area contributed by atoms with E-state index in [0.717, 1.165) is 6.54 Å². The van der Waals surface area contributed by atoms with Gasteiger partial charge in [-0.15, -0.1) is 0 Å². The first-order valence-corrected chi connectivity index (χ1v) is 3.57. The van der Waals surface area contributed by atoms with E-state index < -0.39 is 5.60 Å². The highest BCUT2D eigenvalue weighted by molar-refractivity contribution is 4.69. The van der Waals surface area contributed by atoms with Crippen LogP contribution < -0.4 is 5.73 Å². The molecule has 10 heavy (non-hydrogen) atoms. The summed E-state index contributed by atoms with van der Waals surface area (Å²) in [6.45, 7) is 5.74. The fourth-order valence-electron chi connectivity index (χ4n) is 0.960. The van der Waals surface area contributed by atoms with E-state index in [-0.39, 0.29) is 0 Å². The standard InChI is InChI=1S/C7H18N2O/c1-7(2,10)6-9(3)5-4-8/h10H,4-6,8H2,1-3H3. The molecule has 0 aromatic heterocycles. The average Bonchev–Trinajstić information content (AvgIpc) is 1.59. The van der Waals surface area contributed by atoms with Crippen LogP contribution in [0, 0.1) is 0 Å². The van der Waals surface area contributed by atoms with Crippen LogP contribution >= 0.6 is 0 Å². The maximum absolute atomic E-state index is 9.33. The number of hydrogen-bond donors (Lipinski definition) is 2. The molecule has 0 rings (SSSR count). The molecule has 62 valence electrons. The van der Waals surface area contributed by atoms with E-state index >= 15 is 0 Å². The van der Waals surface area contributed by atoms with Gasteiger partial charge in [0, 0.05) is 19.6 Å². The Morgan fingerprint density at radius 2 is 2.00 bits per heavy atom. The summed E-state index contributed by atoms with van der Waals surface area (Å²) in [5, 5.41) is 9.33. The summed E-state index contributed by atoms with van der Waals surface area (Å²) in [5.74, 6) is 0. The number of rotatable bonds is 4. The summed E-state index contributed by atoms with van der Waals surface area (Å²) >= 11 is 0. The maximum atomic E-state index is 9.33. The highest BCUT2D eigenvalue weighted by atomic mass is 16.3. The molecule has 0 amide bonds. The largest absolute Gasteiger partial charge is 0.389 e. The molecule has 0 unspecified atom stereocenters. The normalized spacial score (nSPS) is 12.6. The Labute approximate surface area is 62.8 Å². The first-order chi connectivity index (χ1) is 4.45. The van der Waals surface area contributed by atoms with Crippen LogP contribution in [0.3, 0.4) is 0 Å². The van der Waals surface area contributed by atoms with Gasteiger partial charge in [-0.05, 0) is 20.9 Å². The summed E-state index contributed by atoms with van der Waals surface area (Å²) < 4.78 is 0. The maximum Gasteiger partial charge on any atom is 0.0718 e. The quantitative estimate of drug-likeness (QED) is 0.570. The van der Waals surface area contributed by atoms with Gasteiger partial charge >= 0.3 is 0 Å². The smallest absolute Gasteiger partial charge is 0.0718 e. The zero-order valence-electron chi connectivity index (χ0n) is 7.09. The third kappa shape index (κ3) is 6.01. The zero-order valence-corrected chi connectivity index (χ0v) is 7.09. The molecular formula is C7H18N2O. The van der Waals surface area contributed by atoms with Gasteiger partial charge in [0.2, 0.25) is 0 Å². The lowest BCUT2D eigenvalue weighted by Gasteiger charge is -2.24. The molecule has 0 saturated carbocycles. The number of hydrogen-bond acceptors (Lipinski definition) is 3. The van der Waals surface area contributed by atoms with E-state index in [9.17, 15) is 5.11 Å². The van der Waals surface area contributed by atoms with Crippen molar-refractivity contribution in [2.45, 2.75) is 19.4 Å². The Morgan fingerprint density at radius 1 is 1.50 bits per heavy atom. The lowest BCUT2D eigenvalue weighted by molar-refractivity contribution is 0.0456. The van der Waals surface area contributed by atoms with E-state index in [2.05, 4.69) is 0 Å². The van der Waals surface area contributed by atoms with Gasteiger partial charge in [0.1, 0.15) is 0 Å². The highest BCUT2D eigenvalue weighted by Crippen LogP contribution is 2.01. The second-order valence-corrected chi connectivity index (χ2v) is 3.34. The van der Waals surface area contributed by atoms with Crippen LogP contribution in [0.2, 0.25) is 0 Å². The van der Waals surface area contributed by atoms with Crippen molar-refractivity contribution in [3.8, 4) is 0 Å². The van der Waals surface area contributed by atoms with Gasteiger partial charge in [-0.3, -0.25) is 0 Å². The second-order valence-electron chi connectivity index (χ2n) is 3.34. The topological polar surface area (TPSA) is 49.5 Å². The van der Waals surface area contributed by atoms with Gasteiger partial charge in [-0.2, -0.15) is 0 Å². The fourth-order valence-corrected chi connectivity index (χ4v) is 0.960. The van der Waals surface area contributed by atoms with Crippen LogP contribution in [0.5, 0.6) is 0 Å². The van der Waals surface area contributed by atoms with Crippen molar-refractivity contribution < 1.29 is 5.11 Å². The molecular weight excluding hydrogens is 128 g/mol. The SMILES string of the molecule is CN(CCN)CC(C)(C)O. The molecule has 0 heterocycles. The van der Waals surface area contributed by atoms with Crippen LogP contribution in [0.15, 0.2) is 0 Å². The molecule has 3 N–H and O–H groups in total. The Morgan fingerprint density at radius 3 is 2.30 bits per heavy atom. The predicted molar refractivity (Wildman–Crippen MR) is 42.8 cm³/mol. The summed E-state index contributed by atoms with van der Waals surface area (Å²) in [7, 11) is 1.95. The molecule has 0 atom stereocenters. The van der Waals surface area contributed by atoms with E-state index in [1.807, 2.05) is 11.9 Å². The third-order valence-electron chi connectivity index (χ3n) is 1.17. The molecule has 0 aliphatic carbocycles. The summed E-state index contributed by atoms with van der Waals surface area (Å²) in [6, 6.07) is 0. The number of nitrogens with zero attached hydrogens (tertiary/aromatic N) is 1. The van der Waals surface area contributed by atoms with Crippen molar-refractivity contribution in [2.75, 3.05) is 26.7 Å². The molecule has 0 spiro atoms. The van der Waals surface area contributed by atoms with Crippen molar-refractivity contribution in [1.82, 2.24) is 4.90 Å². The third-order valence-corrected chi connectivity index (χ3v) is 1.17. The Bertz CT molecular complexity index is 88.1. The van der Waals surface area contributed by atoms with Crippen LogP contribution in [-0.4, -0.2) is 42.3 Å². The van der Waals surface area contributed by atoms with E-state index in [1.54, 1.807) is 13.8 Å². The minimum Gasteiger partial charge on any atom is -0.389 e. The molecule has 0 aliphatic rings. The van der Waals surface area contributed by atoms with Gasteiger partial charge in [-0.25, -0.2) is 0 Å². The number of likely N-dealkylation sites (N-methyl/N-ethyl adjacent to an activating group) is 1. The van der Waals surface area contributed by atoms with Gasteiger partial charge in [-0.1, -0.05) is 0 Å². The Kier molecular flexibility index (Phi) is 3.86. The summed E-state index contributed by atoms with van der Waals surface area (Å²) in [6.07, 6.45) is 0. The van der Waals surface area contributed by atoms with Crippen molar-refractivity contribution >= 4 is 0 Å². The molecule has 0 aromatic carbocycles. The van der Waals surface area contributed by atoms with Crippen LogP contribution in [0.4, 0.5) is 0 Å². The van der Waals surface area contributed by atoms with Crippen molar-refractivity contribution in [3.05, 3.63) is 0 Å². The fraction of sp³-hybridized carbons (Fsp3) is 1.00. The molecule has 0 aliphatic heterocycles. The molecule has 0 bridgehead atoms. The molecule has 0 fully saturated rings. The summed E-state index contributed by atoms with van der Waals surface area (Å²) in [4.78, 5) is 2.01. The molecule has 3 heteroatoms. The Balaban J connectivity index is 3.47. The van der Waals surface area contributed by atoms with Gasteiger partial charge < -0.3 is 15.7 Å². The van der Waals surface area contributed by atoms with Crippen LogP contribution in [-0.2, 0) is 0 Å². The van der Waals surface area contributed by atoms with Crippen LogP contribution in [0.1, 0.15) is 13.8 Å². The minimum atomic E-state index is -0.607. The summed E-state index contributed by atoms with van der Waals surface area (Å²) in [5.41, 5.74) is 4.72.